The molecule has 2 heterocycles. The summed E-state index contributed by atoms with van der Waals surface area (Å²) < 4.78 is 1.97. The van der Waals surface area contributed by atoms with Crippen LogP contribution in [0.3, 0.4) is 0 Å². The van der Waals surface area contributed by atoms with Gasteiger partial charge in [-0.25, -0.2) is 0 Å². The summed E-state index contributed by atoms with van der Waals surface area (Å²) in [6.07, 6.45) is 4.48. The van der Waals surface area contributed by atoms with Gasteiger partial charge in [-0.3, -0.25) is 9.58 Å². The van der Waals surface area contributed by atoms with E-state index in [-0.39, 0.29) is 0 Å². The molecule has 17 heavy (non-hydrogen) atoms. The molecule has 1 N–H and O–H groups in total. The fourth-order valence-electron chi connectivity index (χ4n) is 2.59. The van der Waals surface area contributed by atoms with Crippen LogP contribution in [0.25, 0.3) is 0 Å². The third-order valence-corrected chi connectivity index (χ3v) is 3.38. The lowest BCUT2D eigenvalue weighted by Crippen LogP contribution is -2.47. The second-order valence-electron chi connectivity index (χ2n) is 5.34. The van der Waals surface area contributed by atoms with Crippen molar-refractivity contribution in [2.75, 3.05) is 13.1 Å². The highest BCUT2D eigenvalue weighted by molar-refractivity contribution is 5.00. The predicted octanol–water partition coefficient (Wildman–Crippen LogP) is 1.38. The van der Waals surface area contributed by atoms with Crippen LogP contribution in [0.1, 0.15) is 32.4 Å². The van der Waals surface area contributed by atoms with Gasteiger partial charge in [-0.05, 0) is 25.5 Å². The van der Waals surface area contributed by atoms with Crippen molar-refractivity contribution < 1.29 is 0 Å². The Labute approximate surface area is 104 Å². The Kier molecular flexibility index (Phi) is 4.18. The van der Waals surface area contributed by atoms with Gasteiger partial charge in [-0.1, -0.05) is 13.8 Å². The van der Waals surface area contributed by atoms with Crippen molar-refractivity contribution in [3.8, 4) is 0 Å². The molecule has 1 atom stereocenters. The maximum absolute atomic E-state index is 4.22. The van der Waals surface area contributed by atoms with Crippen molar-refractivity contribution in [1.82, 2.24) is 20.0 Å². The van der Waals surface area contributed by atoms with E-state index < -0.39 is 0 Å². The smallest absolute Gasteiger partial charge is 0.0521 e. The second-order valence-corrected chi connectivity index (χ2v) is 5.34. The molecule has 1 aromatic rings. The van der Waals surface area contributed by atoms with Gasteiger partial charge in [0, 0.05) is 38.4 Å². The molecule has 4 heteroatoms. The molecule has 0 aliphatic carbocycles. The van der Waals surface area contributed by atoms with Gasteiger partial charge in [0.15, 0.2) is 0 Å². The van der Waals surface area contributed by atoms with Crippen molar-refractivity contribution in [1.29, 1.82) is 0 Å². The quantitative estimate of drug-likeness (QED) is 0.857. The number of nitrogens with one attached hydrogen (secondary N) is 1. The zero-order valence-corrected chi connectivity index (χ0v) is 11.2. The molecular weight excluding hydrogens is 212 g/mol. The van der Waals surface area contributed by atoms with Crippen LogP contribution >= 0.6 is 0 Å². The zero-order valence-electron chi connectivity index (χ0n) is 11.2. The molecule has 1 aliphatic rings. The summed E-state index contributed by atoms with van der Waals surface area (Å²) in [6, 6.07) is 3.34. The van der Waals surface area contributed by atoms with Crippen LogP contribution < -0.4 is 5.32 Å². The summed E-state index contributed by atoms with van der Waals surface area (Å²) in [6.45, 7) is 7.83. The fraction of sp³-hybridized carbons (Fsp3) is 0.769. The van der Waals surface area contributed by atoms with Crippen LogP contribution in [-0.4, -0.2) is 39.9 Å². The second kappa shape index (κ2) is 5.65. The van der Waals surface area contributed by atoms with Crippen molar-refractivity contribution in [3.63, 3.8) is 0 Å². The average molecular weight is 236 g/mol. The minimum atomic E-state index is 0.580. The number of likely N-dealkylation sites (tertiary alicyclic amines) is 1. The Morgan fingerprint density at radius 3 is 3.00 bits per heavy atom. The molecule has 1 aliphatic heterocycles. The molecule has 0 saturated carbocycles. The lowest BCUT2D eigenvalue weighted by atomic mass is 10.0. The van der Waals surface area contributed by atoms with Crippen molar-refractivity contribution >= 4 is 0 Å². The summed E-state index contributed by atoms with van der Waals surface area (Å²) in [4.78, 5) is 2.53. The maximum Gasteiger partial charge on any atom is 0.0521 e. The highest BCUT2D eigenvalue weighted by Crippen LogP contribution is 2.13. The number of nitrogens with zero attached hydrogens (tertiary/aromatic N) is 3. The number of hydrogen-bond acceptors (Lipinski definition) is 3. The average Bonchev–Trinajstić information content (AvgIpc) is 2.64. The molecule has 96 valence electrons. The van der Waals surface area contributed by atoms with Crippen LogP contribution in [0.5, 0.6) is 0 Å². The van der Waals surface area contributed by atoms with E-state index in [1.54, 1.807) is 0 Å². The minimum Gasteiger partial charge on any atom is -0.311 e. The SMILES string of the molecule is CC(C)NC1CCCN(Cc2ccnn2C)C1. The van der Waals surface area contributed by atoms with Crippen LogP contribution in [0.15, 0.2) is 12.3 Å². The molecule has 1 unspecified atom stereocenters. The summed E-state index contributed by atoms with van der Waals surface area (Å²) >= 11 is 0. The number of aryl methyl sites for hydroxylation is 1. The number of piperidine rings is 1. The summed E-state index contributed by atoms with van der Waals surface area (Å²) in [5.41, 5.74) is 1.30. The lowest BCUT2D eigenvalue weighted by molar-refractivity contribution is 0.175. The van der Waals surface area contributed by atoms with Crippen LogP contribution in [0, 0.1) is 0 Å². The molecule has 0 amide bonds. The largest absolute Gasteiger partial charge is 0.311 e. The first-order chi connectivity index (χ1) is 8.15. The number of aromatic nitrogens is 2. The van der Waals surface area contributed by atoms with E-state index in [4.69, 9.17) is 0 Å². The first-order valence-electron chi connectivity index (χ1n) is 6.60. The van der Waals surface area contributed by atoms with Gasteiger partial charge >= 0.3 is 0 Å². The summed E-state index contributed by atoms with van der Waals surface area (Å²) in [5.74, 6) is 0. The van der Waals surface area contributed by atoms with Crippen molar-refractivity contribution in [3.05, 3.63) is 18.0 Å². The zero-order chi connectivity index (χ0) is 12.3. The minimum absolute atomic E-state index is 0.580. The standard InChI is InChI=1S/C13H24N4/c1-11(2)15-12-5-4-8-17(9-12)10-13-6-7-14-16(13)3/h6-7,11-12,15H,4-5,8-10H2,1-3H3. The summed E-state index contributed by atoms with van der Waals surface area (Å²) in [7, 11) is 2.02. The van der Waals surface area contributed by atoms with E-state index in [0.29, 0.717) is 12.1 Å². The van der Waals surface area contributed by atoms with Gasteiger partial charge in [0.25, 0.3) is 0 Å². The topological polar surface area (TPSA) is 33.1 Å². The molecule has 0 spiro atoms. The van der Waals surface area contributed by atoms with Crippen molar-refractivity contribution in [2.45, 2.75) is 45.3 Å². The molecule has 0 aromatic carbocycles. The molecular formula is C13H24N4. The third-order valence-electron chi connectivity index (χ3n) is 3.38. The normalized spacial score (nSPS) is 22.2. The van der Waals surface area contributed by atoms with E-state index in [9.17, 15) is 0 Å². The van der Waals surface area contributed by atoms with E-state index in [2.05, 4.69) is 35.2 Å². The highest BCUT2D eigenvalue weighted by atomic mass is 15.3. The lowest BCUT2D eigenvalue weighted by Gasteiger charge is -2.34. The third kappa shape index (κ3) is 3.54. The number of rotatable bonds is 4. The fourth-order valence-corrected chi connectivity index (χ4v) is 2.59. The van der Waals surface area contributed by atoms with Crippen LogP contribution in [0.2, 0.25) is 0 Å². The molecule has 1 saturated heterocycles. The predicted molar refractivity (Wildman–Crippen MR) is 69.8 cm³/mol. The van der Waals surface area contributed by atoms with E-state index in [1.807, 2.05) is 17.9 Å². The molecule has 2 rings (SSSR count). The highest BCUT2D eigenvalue weighted by Gasteiger charge is 2.20. The van der Waals surface area contributed by atoms with E-state index >= 15 is 0 Å². The summed E-state index contributed by atoms with van der Waals surface area (Å²) in [5, 5.41) is 7.87. The molecule has 4 nitrogen and oxygen atoms in total. The van der Waals surface area contributed by atoms with Gasteiger partial charge in [-0.2, -0.15) is 5.10 Å². The van der Waals surface area contributed by atoms with Gasteiger partial charge in [-0.15, -0.1) is 0 Å². The Hall–Kier alpha value is -0.870. The molecule has 1 aromatic heterocycles. The maximum atomic E-state index is 4.22. The van der Waals surface area contributed by atoms with E-state index in [1.165, 1.54) is 25.1 Å². The van der Waals surface area contributed by atoms with Crippen molar-refractivity contribution in [2.24, 2.45) is 7.05 Å². The van der Waals surface area contributed by atoms with Crippen LogP contribution in [-0.2, 0) is 13.6 Å². The first-order valence-corrected chi connectivity index (χ1v) is 6.60. The molecule has 0 bridgehead atoms. The van der Waals surface area contributed by atoms with E-state index in [0.717, 1.165) is 13.1 Å². The first kappa shape index (κ1) is 12.6. The monoisotopic (exact) mass is 236 g/mol. The van der Waals surface area contributed by atoms with Gasteiger partial charge in [0.1, 0.15) is 0 Å². The van der Waals surface area contributed by atoms with Crippen LogP contribution in [0.4, 0.5) is 0 Å². The Bertz CT molecular complexity index is 345. The van der Waals surface area contributed by atoms with Gasteiger partial charge in [0.2, 0.25) is 0 Å². The molecule has 0 radical (unpaired) electrons. The Balaban J connectivity index is 1.87. The number of hydrogen-bond donors (Lipinski definition) is 1. The Morgan fingerprint density at radius 2 is 2.35 bits per heavy atom. The Morgan fingerprint density at radius 1 is 1.53 bits per heavy atom. The van der Waals surface area contributed by atoms with Gasteiger partial charge in [0.05, 0.1) is 5.69 Å². The molecule has 1 fully saturated rings. The van der Waals surface area contributed by atoms with Gasteiger partial charge < -0.3 is 5.32 Å².